The van der Waals surface area contributed by atoms with Crippen molar-refractivity contribution in [1.29, 1.82) is 0 Å². The average Bonchev–Trinajstić information content (AvgIpc) is 3.15. The Labute approximate surface area is 179 Å². The van der Waals surface area contributed by atoms with Crippen molar-refractivity contribution in [2.24, 2.45) is 10.7 Å². The molecule has 0 amide bonds. The second-order valence-corrected chi connectivity index (χ2v) is 8.30. The van der Waals surface area contributed by atoms with Gasteiger partial charge in [0.15, 0.2) is 5.54 Å². The van der Waals surface area contributed by atoms with Crippen LogP contribution in [0.1, 0.15) is 25.0 Å². The summed E-state index contributed by atoms with van der Waals surface area (Å²) in [7, 11) is 0. The van der Waals surface area contributed by atoms with Gasteiger partial charge in [0.05, 0.1) is 5.60 Å². The van der Waals surface area contributed by atoms with Crippen molar-refractivity contribution in [2.45, 2.75) is 25.0 Å². The summed E-state index contributed by atoms with van der Waals surface area (Å²) in [6.07, 6.45) is 5.00. The van der Waals surface area contributed by atoms with Gasteiger partial charge in [-0.3, -0.25) is 0 Å². The zero-order valence-corrected chi connectivity index (χ0v) is 17.2. The molecule has 158 valence electrons. The molecule has 1 atom stereocenters. The summed E-state index contributed by atoms with van der Waals surface area (Å²) < 4.78 is 17.6. The minimum absolute atomic E-state index is 0.120. The summed E-state index contributed by atoms with van der Waals surface area (Å²) >= 11 is 0. The van der Waals surface area contributed by atoms with Crippen LogP contribution >= 0.6 is 0 Å². The predicted molar refractivity (Wildman–Crippen MR) is 114 cm³/mol. The lowest BCUT2D eigenvalue weighted by Crippen LogP contribution is -2.31. The highest BCUT2D eigenvalue weighted by molar-refractivity contribution is 5.78. The lowest BCUT2D eigenvalue weighted by molar-refractivity contribution is 0.0284. The molecule has 3 N–H and O–H groups in total. The summed E-state index contributed by atoms with van der Waals surface area (Å²) in [6.45, 7) is 3.77. The fourth-order valence-corrected chi connectivity index (χ4v) is 3.81. The molecule has 8 nitrogen and oxygen atoms in total. The van der Waals surface area contributed by atoms with Crippen LogP contribution in [0.25, 0.3) is 11.1 Å². The van der Waals surface area contributed by atoms with Gasteiger partial charge in [0.1, 0.15) is 36.8 Å². The molecule has 1 unspecified atom stereocenters. The number of nitrogens with zero attached hydrogens (tertiary/aromatic N) is 3. The van der Waals surface area contributed by atoms with Gasteiger partial charge in [-0.15, -0.1) is 0 Å². The second kappa shape index (κ2) is 6.95. The van der Waals surface area contributed by atoms with Gasteiger partial charge in [0.25, 0.3) is 6.02 Å². The smallest absolute Gasteiger partial charge is 0.283 e. The van der Waals surface area contributed by atoms with Gasteiger partial charge >= 0.3 is 0 Å². The number of benzene rings is 2. The number of aliphatic hydroxyl groups is 1. The molecule has 5 rings (SSSR count). The van der Waals surface area contributed by atoms with E-state index in [1.54, 1.807) is 26.2 Å². The van der Waals surface area contributed by atoms with Crippen LogP contribution in [0, 0.1) is 0 Å². The van der Waals surface area contributed by atoms with Crippen LogP contribution in [-0.2, 0) is 10.3 Å². The maximum Gasteiger partial charge on any atom is 0.283 e. The quantitative estimate of drug-likeness (QED) is 0.670. The number of rotatable bonds is 4. The average molecular weight is 418 g/mol. The summed E-state index contributed by atoms with van der Waals surface area (Å²) in [5.74, 6) is 1.93. The Hall–Kier alpha value is -3.65. The van der Waals surface area contributed by atoms with E-state index < -0.39 is 11.1 Å². The molecule has 2 aliphatic rings. The molecule has 8 heteroatoms. The molecular formula is C23H22N4O4. The Morgan fingerprint density at radius 3 is 2.45 bits per heavy atom. The molecule has 3 aromatic rings. The van der Waals surface area contributed by atoms with Gasteiger partial charge < -0.3 is 25.1 Å². The number of amidine groups is 1. The van der Waals surface area contributed by atoms with Gasteiger partial charge in [0, 0.05) is 29.1 Å². The van der Waals surface area contributed by atoms with Crippen molar-refractivity contribution in [3.63, 3.8) is 0 Å². The zero-order valence-electron chi connectivity index (χ0n) is 17.2. The number of nitrogens with two attached hydrogens (primary N) is 1. The molecular weight excluding hydrogens is 396 g/mol. The summed E-state index contributed by atoms with van der Waals surface area (Å²) in [6, 6.07) is 11.5. The van der Waals surface area contributed by atoms with Gasteiger partial charge in [-0.25, -0.2) is 15.0 Å². The van der Waals surface area contributed by atoms with Crippen LogP contribution in [0.3, 0.4) is 0 Å². The van der Waals surface area contributed by atoms with E-state index >= 15 is 0 Å². The first kappa shape index (κ1) is 19.3. The van der Waals surface area contributed by atoms with E-state index in [9.17, 15) is 5.11 Å². The fraction of sp³-hybridized carbons (Fsp3) is 0.261. The predicted octanol–water partition coefficient (Wildman–Crippen LogP) is 2.99. The molecule has 1 spiro atoms. The Kier molecular flexibility index (Phi) is 4.33. The number of aliphatic imine (C=N–C) groups is 1. The van der Waals surface area contributed by atoms with Gasteiger partial charge in [-0.05, 0) is 49.7 Å². The summed E-state index contributed by atoms with van der Waals surface area (Å²) in [5.41, 5.74) is 7.57. The Balaban J connectivity index is 1.63. The standard InChI is InChI=1S/C23H22N4O4/c1-22(2,28)11-29-16-4-6-20-18(8-16)23(12-30-21(24)27-23)17-7-14(3-5-19(17)31-20)15-9-25-13-26-10-15/h3-10,13,28H,11-12H2,1-2H3,(H2,24,27). The Morgan fingerprint density at radius 1 is 1.06 bits per heavy atom. The third kappa shape index (κ3) is 3.44. The number of hydrogen-bond acceptors (Lipinski definition) is 8. The van der Waals surface area contributed by atoms with E-state index in [2.05, 4.69) is 9.97 Å². The number of aromatic nitrogens is 2. The number of ether oxygens (including phenoxy) is 3. The van der Waals surface area contributed by atoms with Crippen molar-refractivity contribution in [3.05, 3.63) is 66.2 Å². The van der Waals surface area contributed by atoms with Gasteiger partial charge in [0.2, 0.25) is 0 Å². The monoisotopic (exact) mass is 418 g/mol. The molecule has 0 bridgehead atoms. The lowest BCUT2D eigenvalue weighted by atomic mass is 9.80. The molecule has 0 fully saturated rings. The maximum atomic E-state index is 10.0. The highest BCUT2D eigenvalue weighted by Gasteiger charge is 2.47. The first-order valence-corrected chi connectivity index (χ1v) is 9.90. The summed E-state index contributed by atoms with van der Waals surface area (Å²) in [4.78, 5) is 12.9. The van der Waals surface area contributed by atoms with Crippen molar-refractivity contribution < 1.29 is 19.3 Å². The van der Waals surface area contributed by atoms with Crippen LogP contribution in [0.5, 0.6) is 17.2 Å². The molecule has 0 saturated heterocycles. The van der Waals surface area contributed by atoms with Crippen LogP contribution in [0.4, 0.5) is 0 Å². The minimum Gasteiger partial charge on any atom is -0.491 e. The Bertz CT molecular complexity index is 1170. The van der Waals surface area contributed by atoms with Crippen LogP contribution in [0.2, 0.25) is 0 Å². The Morgan fingerprint density at radius 2 is 1.77 bits per heavy atom. The van der Waals surface area contributed by atoms with Crippen molar-refractivity contribution in [3.8, 4) is 28.4 Å². The van der Waals surface area contributed by atoms with Crippen LogP contribution in [0.15, 0.2) is 60.1 Å². The van der Waals surface area contributed by atoms with Crippen LogP contribution in [-0.4, -0.2) is 39.9 Å². The number of fused-ring (bicyclic) bond motifs is 4. The SMILES string of the molecule is CC(C)(O)COc1ccc2c(c1)C1(COC(N)=N1)c1cc(-c3cncnc3)ccc1O2. The van der Waals surface area contributed by atoms with E-state index in [0.29, 0.717) is 17.2 Å². The highest BCUT2D eigenvalue weighted by Crippen LogP contribution is 2.52. The van der Waals surface area contributed by atoms with Crippen molar-refractivity contribution in [2.75, 3.05) is 13.2 Å². The van der Waals surface area contributed by atoms with E-state index in [1.807, 2.05) is 36.4 Å². The zero-order chi connectivity index (χ0) is 21.6. The molecule has 0 saturated carbocycles. The normalized spacial score (nSPS) is 19.1. The molecule has 2 aromatic carbocycles. The molecule has 0 aliphatic carbocycles. The summed E-state index contributed by atoms with van der Waals surface area (Å²) in [5, 5.41) is 10.0. The third-order valence-electron chi connectivity index (χ3n) is 5.26. The molecule has 2 aliphatic heterocycles. The second-order valence-electron chi connectivity index (χ2n) is 8.30. The fourth-order valence-electron chi connectivity index (χ4n) is 3.81. The largest absolute Gasteiger partial charge is 0.491 e. The van der Waals surface area contributed by atoms with Crippen molar-refractivity contribution in [1.82, 2.24) is 9.97 Å². The van der Waals surface area contributed by atoms with E-state index in [-0.39, 0.29) is 19.2 Å². The van der Waals surface area contributed by atoms with E-state index in [0.717, 1.165) is 22.3 Å². The first-order valence-electron chi connectivity index (χ1n) is 9.90. The highest BCUT2D eigenvalue weighted by atomic mass is 16.5. The third-order valence-corrected chi connectivity index (χ3v) is 5.26. The maximum absolute atomic E-state index is 10.0. The topological polar surface area (TPSA) is 112 Å². The van der Waals surface area contributed by atoms with Crippen LogP contribution < -0.4 is 15.2 Å². The van der Waals surface area contributed by atoms with Crippen molar-refractivity contribution >= 4 is 6.02 Å². The lowest BCUT2D eigenvalue weighted by Gasteiger charge is -2.34. The molecule has 3 heterocycles. The molecule has 0 radical (unpaired) electrons. The minimum atomic E-state index is -0.956. The number of hydrogen-bond donors (Lipinski definition) is 2. The molecule has 1 aromatic heterocycles. The van der Waals surface area contributed by atoms with E-state index in [1.165, 1.54) is 6.33 Å². The first-order chi connectivity index (χ1) is 14.8. The van der Waals surface area contributed by atoms with E-state index in [4.69, 9.17) is 24.9 Å². The van der Waals surface area contributed by atoms with Gasteiger partial charge in [-0.2, -0.15) is 0 Å². The van der Waals surface area contributed by atoms with Gasteiger partial charge in [-0.1, -0.05) is 6.07 Å². The molecule has 31 heavy (non-hydrogen) atoms.